The number of aromatic amines is 1. The first kappa shape index (κ1) is 9.61. The Labute approximate surface area is 83.1 Å². The monoisotopic (exact) mass is 196 g/mol. The molecule has 0 spiro atoms. The summed E-state index contributed by atoms with van der Waals surface area (Å²) in [5, 5.41) is 7.08. The molecule has 0 amide bonds. The van der Waals surface area contributed by atoms with Gasteiger partial charge in [0.1, 0.15) is 5.82 Å². The Morgan fingerprint density at radius 2 is 2.21 bits per heavy atom. The molecule has 5 nitrogen and oxygen atoms in total. The second kappa shape index (κ2) is 3.67. The Bertz CT molecular complexity index is 304. The molecule has 0 aromatic carbocycles. The molecule has 0 radical (unpaired) electrons. The fourth-order valence-electron chi connectivity index (χ4n) is 1.86. The largest absolute Gasteiger partial charge is 0.381 e. The van der Waals surface area contributed by atoms with Crippen LogP contribution in [-0.2, 0) is 10.2 Å². The molecule has 1 saturated heterocycles. The summed E-state index contributed by atoms with van der Waals surface area (Å²) in [6.45, 7) is 4.00. The number of aromatic nitrogens is 3. The van der Waals surface area contributed by atoms with Gasteiger partial charge in [-0.1, -0.05) is 0 Å². The number of nitrogens with one attached hydrogen (secondary N) is 1. The zero-order chi connectivity index (χ0) is 10.0. The minimum Gasteiger partial charge on any atom is -0.381 e. The second-order valence-electron chi connectivity index (χ2n) is 3.84. The maximum atomic E-state index is 5.83. The third-order valence-electron chi connectivity index (χ3n) is 2.91. The molecule has 1 aliphatic heterocycles. The number of rotatable bonds is 2. The molecule has 0 saturated carbocycles. The first-order chi connectivity index (χ1) is 6.77. The third kappa shape index (κ3) is 1.53. The highest BCUT2D eigenvalue weighted by Crippen LogP contribution is 2.31. The number of nitrogens with zero attached hydrogens (tertiary/aromatic N) is 2. The summed E-state index contributed by atoms with van der Waals surface area (Å²) in [4.78, 5) is 4.38. The van der Waals surface area contributed by atoms with Gasteiger partial charge in [0.2, 0.25) is 0 Å². The Hall–Kier alpha value is -0.940. The van der Waals surface area contributed by atoms with Crippen LogP contribution < -0.4 is 5.73 Å². The topological polar surface area (TPSA) is 76.8 Å². The van der Waals surface area contributed by atoms with Gasteiger partial charge in [-0.25, -0.2) is 4.98 Å². The number of nitrogens with two attached hydrogens (primary N) is 1. The molecule has 0 unspecified atom stereocenters. The minimum absolute atomic E-state index is 0.0665. The average molecular weight is 196 g/mol. The first-order valence-corrected chi connectivity index (χ1v) is 4.94. The molecule has 0 aliphatic carbocycles. The van der Waals surface area contributed by atoms with Gasteiger partial charge < -0.3 is 10.5 Å². The van der Waals surface area contributed by atoms with Crippen LogP contribution in [0.3, 0.4) is 0 Å². The molecular weight excluding hydrogens is 180 g/mol. The summed E-state index contributed by atoms with van der Waals surface area (Å²) in [5.74, 6) is 1.69. The van der Waals surface area contributed by atoms with Crippen LogP contribution in [0.25, 0.3) is 0 Å². The van der Waals surface area contributed by atoms with Gasteiger partial charge in [0.05, 0.1) is 0 Å². The van der Waals surface area contributed by atoms with Crippen molar-refractivity contribution in [1.29, 1.82) is 0 Å². The van der Waals surface area contributed by atoms with Crippen LogP contribution in [-0.4, -0.2) is 34.9 Å². The molecule has 78 valence electrons. The maximum Gasteiger partial charge on any atom is 0.158 e. The maximum absolute atomic E-state index is 5.83. The van der Waals surface area contributed by atoms with Gasteiger partial charge in [0.25, 0.3) is 0 Å². The van der Waals surface area contributed by atoms with Crippen LogP contribution >= 0.6 is 0 Å². The molecule has 1 aromatic rings. The SMILES string of the molecule is Cc1nc(C2(CN)CCOCC2)n[nH]1. The molecule has 2 heterocycles. The van der Waals surface area contributed by atoms with Gasteiger partial charge >= 0.3 is 0 Å². The molecule has 3 N–H and O–H groups in total. The van der Waals surface area contributed by atoms with Crippen molar-refractivity contribution in [2.24, 2.45) is 5.73 Å². The van der Waals surface area contributed by atoms with Crippen molar-refractivity contribution in [2.75, 3.05) is 19.8 Å². The van der Waals surface area contributed by atoms with Crippen molar-refractivity contribution >= 4 is 0 Å². The van der Waals surface area contributed by atoms with Crippen LogP contribution in [0, 0.1) is 6.92 Å². The number of H-pyrrole nitrogens is 1. The lowest BCUT2D eigenvalue weighted by Crippen LogP contribution is -2.41. The Morgan fingerprint density at radius 1 is 1.50 bits per heavy atom. The van der Waals surface area contributed by atoms with Gasteiger partial charge in [0, 0.05) is 25.2 Å². The van der Waals surface area contributed by atoms with Gasteiger partial charge in [-0.15, -0.1) is 0 Å². The number of hydrogen-bond acceptors (Lipinski definition) is 4. The van der Waals surface area contributed by atoms with Crippen LogP contribution in [0.15, 0.2) is 0 Å². The molecule has 1 aromatic heterocycles. The van der Waals surface area contributed by atoms with E-state index >= 15 is 0 Å². The molecule has 0 atom stereocenters. The molecule has 14 heavy (non-hydrogen) atoms. The highest BCUT2D eigenvalue weighted by Gasteiger charge is 2.36. The molecule has 2 rings (SSSR count). The predicted octanol–water partition coefficient (Wildman–Crippen LogP) is 0.120. The van der Waals surface area contributed by atoms with Gasteiger partial charge in [-0.05, 0) is 19.8 Å². The summed E-state index contributed by atoms with van der Waals surface area (Å²) < 4.78 is 5.33. The predicted molar refractivity (Wildman–Crippen MR) is 51.9 cm³/mol. The first-order valence-electron chi connectivity index (χ1n) is 4.94. The third-order valence-corrected chi connectivity index (χ3v) is 2.91. The van der Waals surface area contributed by atoms with Crippen LogP contribution in [0.2, 0.25) is 0 Å². The van der Waals surface area contributed by atoms with E-state index in [1.165, 1.54) is 0 Å². The van der Waals surface area contributed by atoms with Gasteiger partial charge in [-0.2, -0.15) is 5.10 Å². The summed E-state index contributed by atoms with van der Waals surface area (Å²) in [7, 11) is 0. The normalized spacial score (nSPS) is 21.0. The van der Waals surface area contributed by atoms with E-state index in [0.29, 0.717) is 6.54 Å². The van der Waals surface area contributed by atoms with E-state index in [1.54, 1.807) is 0 Å². The van der Waals surface area contributed by atoms with E-state index in [-0.39, 0.29) is 5.41 Å². The van der Waals surface area contributed by atoms with E-state index in [0.717, 1.165) is 37.7 Å². The standard InChI is InChI=1S/C9H16N4O/c1-7-11-8(13-12-7)9(6-10)2-4-14-5-3-9/h2-6,10H2,1H3,(H,11,12,13). The summed E-state index contributed by atoms with van der Waals surface area (Å²) in [5.41, 5.74) is 5.76. The number of ether oxygens (including phenoxy) is 1. The van der Waals surface area contributed by atoms with E-state index in [1.807, 2.05) is 6.92 Å². The number of aryl methyl sites for hydroxylation is 1. The van der Waals surface area contributed by atoms with Crippen LogP contribution in [0.5, 0.6) is 0 Å². The average Bonchev–Trinajstić information content (AvgIpc) is 2.66. The van der Waals surface area contributed by atoms with E-state index in [9.17, 15) is 0 Å². The highest BCUT2D eigenvalue weighted by atomic mass is 16.5. The lowest BCUT2D eigenvalue weighted by Gasteiger charge is -2.33. The lowest BCUT2D eigenvalue weighted by molar-refractivity contribution is 0.0500. The Balaban J connectivity index is 2.26. The fraction of sp³-hybridized carbons (Fsp3) is 0.778. The summed E-state index contributed by atoms with van der Waals surface area (Å²) >= 11 is 0. The smallest absolute Gasteiger partial charge is 0.158 e. The fourth-order valence-corrected chi connectivity index (χ4v) is 1.86. The quantitative estimate of drug-likeness (QED) is 0.704. The summed E-state index contributed by atoms with van der Waals surface area (Å²) in [6, 6.07) is 0. The van der Waals surface area contributed by atoms with E-state index in [2.05, 4.69) is 15.2 Å². The number of hydrogen-bond donors (Lipinski definition) is 2. The van der Waals surface area contributed by atoms with Gasteiger partial charge in [-0.3, -0.25) is 5.10 Å². The molecule has 1 aliphatic rings. The summed E-state index contributed by atoms with van der Waals surface area (Å²) in [6.07, 6.45) is 1.83. The van der Waals surface area contributed by atoms with Crippen molar-refractivity contribution in [3.63, 3.8) is 0 Å². The second-order valence-corrected chi connectivity index (χ2v) is 3.84. The molecule has 1 fully saturated rings. The van der Waals surface area contributed by atoms with E-state index < -0.39 is 0 Å². The molecular formula is C9H16N4O. The zero-order valence-electron chi connectivity index (χ0n) is 8.42. The van der Waals surface area contributed by atoms with Crippen molar-refractivity contribution < 1.29 is 4.74 Å². The van der Waals surface area contributed by atoms with Crippen LogP contribution in [0.4, 0.5) is 0 Å². The highest BCUT2D eigenvalue weighted by molar-refractivity contribution is 5.10. The van der Waals surface area contributed by atoms with Crippen LogP contribution in [0.1, 0.15) is 24.5 Å². The molecule has 5 heteroatoms. The zero-order valence-corrected chi connectivity index (χ0v) is 8.42. The van der Waals surface area contributed by atoms with Crippen molar-refractivity contribution in [1.82, 2.24) is 15.2 Å². The van der Waals surface area contributed by atoms with Crippen molar-refractivity contribution in [3.05, 3.63) is 11.6 Å². The van der Waals surface area contributed by atoms with Gasteiger partial charge in [0.15, 0.2) is 5.82 Å². The van der Waals surface area contributed by atoms with E-state index in [4.69, 9.17) is 10.5 Å². The minimum atomic E-state index is -0.0665. The molecule has 0 bridgehead atoms. The Morgan fingerprint density at radius 3 is 2.71 bits per heavy atom. The van der Waals surface area contributed by atoms with Crippen molar-refractivity contribution in [3.8, 4) is 0 Å². The lowest BCUT2D eigenvalue weighted by atomic mass is 9.79. The Kier molecular flexibility index (Phi) is 2.52. The van der Waals surface area contributed by atoms with Crippen molar-refractivity contribution in [2.45, 2.75) is 25.2 Å².